The summed E-state index contributed by atoms with van der Waals surface area (Å²) in [5, 5.41) is 4.29. The Morgan fingerprint density at radius 1 is 1.19 bits per heavy atom. The second kappa shape index (κ2) is 8.81. The van der Waals surface area contributed by atoms with E-state index in [1.54, 1.807) is 0 Å². The van der Waals surface area contributed by atoms with Crippen molar-refractivity contribution in [1.29, 1.82) is 0 Å². The number of halogens is 2. The van der Waals surface area contributed by atoms with Crippen LogP contribution in [-0.2, 0) is 4.79 Å². The van der Waals surface area contributed by atoms with Gasteiger partial charge >= 0.3 is 0 Å². The largest absolute Gasteiger partial charge is 0.368 e. The van der Waals surface area contributed by atoms with E-state index in [1.807, 2.05) is 12.1 Å². The van der Waals surface area contributed by atoms with E-state index in [-0.39, 0.29) is 5.54 Å². The number of rotatable bonds is 6. The van der Waals surface area contributed by atoms with Crippen LogP contribution in [0.2, 0.25) is 10.0 Å². The quantitative estimate of drug-likeness (QED) is 0.730. The van der Waals surface area contributed by atoms with Crippen LogP contribution in [0.3, 0.4) is 0 Å². The predicted octanol–water partition coefficient (Wildman–Crippen LogP) is 4.20. The number of nitrogens with one attached hydrogen (secondary N) is 1. The molecule has 0 spiro atoms. The molecule has 1 heterocycles. The molecule has 0 atom stereocenters. The maximum atomic E-state index is 10.7. The summed E-state index contributed by atoms with van der Waals surface area (Å²) in [5.41, 5.74) is 1.06. The van der Waals surface area contributed by atoms with Crippen LogP contribution in [0, 0.1) is 5.92 Å². The predicted molar refractivity (Wildman–Crippen MR) is 109 cm³/mol. The zero-order valence-electron chi connectivity index (χ0n) is 15.5. The van der Waals surface area contributed by atoms with Gasteiger partial charge in [-0.3, -0.25) is 9.69 Å². The lowest BCUT2D eigenvalue weighted by Gasteiger charge is -2.39. The van der Waals surface area contributed by atoms with E-state index in [0.29, 0.717) is 10.0 Å². The maximum absolute atomic E-state index is 10.7. The van der Waals surface area contributed by atoms with Gasteiger partial charge in [-0.2, -0.15) is 0 Å². The fourth-order valence-corrected chi connectivity index (χ4v) is 4.62. The zero-order chi connectivity index (χ0) is 18.6. The lowest BCUT2D eigenvalue weighted by molar-refractivity contribution is -0.111. The topological polar surface area (TPSA) is 35.6 Å². The van der Waals surface area contributed by atoms with E-state index < -0.39 is 0 Å². The summed E-state index contributed by atoms with van der Waals surface area (Å²) in [5.74, 6) is 0.789. The van der Waals surface area contributed by atoms with Gasteiger partial charge in [0.05, 0.1) is 15.7 Å². The summed E-state index contributed by atoms with van der Waals surface area (Å²) < 4.78 is 0. The van der Waals surface area contributed by atoms with Gasteiger partial charge in [-0.05, 0) is 63.6 Å². The summed E-state index contributed by atoms with van der Waals surface area (Å²) in [6.07, 6.45) is 6.74. The second-order valence-electron chi connectivity index (χ2n) is 7.96. The standard InChI is InChI=1S/C20H29Cl2N3O/c1-20(23-15-26)8-5-16(6-9-20)7-10-24-11-13-25(14-12-24)18-4-2-3-17(21)19(18)22/h2-4,15-16H,5-14H2,1H3,(H,23,26). The van der Waals surface area contributed by atoms with Gasteiger partial charge in [0.1, 0.15) is 0 Å². The Kier molecular flexibility index (Phi) is 6.70. The van der Waals surface area contributed by atoms with E-state index in [0.717, 1.165) is 57.0 Å². The number of carbonyl (C=O) groups is 1. The Balaban J connectivity index is 1.41. The van der Waals surface area contributed by atoms with E-state index in [1.165, 1.54) is 25.8 Å². The molecule has 0 bridgehead atoms. The average Bonchev–Trinajstić information content (AvgIpc) is 2.64. The minimum absolute atomic E-state index is 0.0140. The monoisotopic (exact) mass is 397 g/mol. The fourth-order valence-electron chi connectivity index (χ4n) is 4.20. The SMILES string of the molecule is CC1(NC=O)CCC(CCN2CCN(c3cccc(Cl)c3Cl)CC2)CC1. The molecule has 1 amide bonds. The Labute approximate surface area is 166 Å². The molecule has 0 unspecified atom stereocenters. The van der Waals surface area contributed by atoms with Crippen LogP contribution in [0.25, 0.3) is 0 Å². The third kappa shape index (κ3) is 4.85. The molecule has 1 aromatic carbocycles. The first-order valence-corrected chi connectivity index (χ1v) is 10.4. The number of benzene rings is 1. The second-order valence-corrected chi connectivity index (χ2v) is 8.74. The summed E-state index contributed by atoms with van der Waals surface area (Å²) in [4.78, 5) is 15.6. The molecule has 2 fully saturated rings. The molecule has 1 saturated carbocycles. The van der Waals surface area contributed by atoms with Gasteiger partial charge in [0.25, 0.3) is 0 Å². The Morgan fingerprint density at radius 2 is 1.88 bits per heavy atom. The van der Waals surface area contributed by atoms with Crippen molar-refractivity contribution in [2.45, 2.75) is 44.6 Å². The molecule has 6 heteroatoms. The Bertz CT molecular complexity index is 609. The van der Waals surface area contributed by atoms with Crippen molar-refractivity contribution in [3.63, 3.8) is 0 Å². The van der Waals surface area contributed by atoms with Crippen LogP contribution in [0.15, 0.2) is 18.2 Å². The van der Waals surface area contributed by atoms with E-state index in [2.05, 4.69) is 28.1 Å². The molecule has 1 aliphatic heterocycles. The molecule has 1 saturated heterocycles. The summed E-state index contributed by atoms with van der Waals surface area (Å²) in [6.45, 7) is 7.45. The minimum Gasteiger partial charge on any atom is -0.368 e. The number of hydrogen-bond donors (Lipinski definition) is 1. The molecule has 1 aliphatic carbocycles. The zero-order valence-corrected chi connectivity index (χ0v) is 17.0. The van der Waals surface area contributed by atoms with Crippen molar-refractivity contribution >= 4 is 35.3 Å². The van der Waals surface area contributed by atoms with Crippen molar-refractivity contribution < 1.29 is 4.79 Å². The smallest absolute Gasteiger partial charge is 0.207 e. The van der Waals surface area contributed by atoms with Gasteiger partial charge in [-0.15, -0.1) is 0 Å². The molecule has 3 rings (SSSR count). The highest BCUT2D eigenvalue weighted by molar-refractivity contribution is 6.43. The molecule has 26 heavy (non-hydrogen) atoms. The molecule has 1 aromatic rings. The lowest BCUT2D eigenvalue weighted by atomic mass is 9.76. The van der Waals surface area contributed by atoms with Crippen molar-refractivity contribution in [3.05, 3.63) is 28.2 Å². The highest BCUT2D eigenvalue weighted by Gasteiger charge is 2.30. The van der Waals surface area contributed by atoms with Crippen molar-refractivity contribution in [3.8, 4) is 0 Å². The summed E-state index contributed by atoms with van der Waals surface area (Å²) in [6, 6.07) is 5.85. The molecular weight excluding hydrogens is 369 g/mol. The fraction of sp³-hybridized carbons (Fsp3) is 0.650. The first-order chi connectivity index (χ1) is 12.5. The van der Waals surface area contributed by atoms with Crippen LogP contribution in [0.4, 0.5) is 5.69 Å². The van der Waals surface area contributed by atoms with Gasteiger partial charge in [0.15, 0.2) is 0 Å². The number of carbonyl (C=O) groups excluding carboxylic acids is 1. The molecule has 4 nitrogen and oxygen atoms in total. The van der Waals surface area contributed by atoms with Crippen molar-refractivity contribution in [2.24, 2.45) is 5.92 Å². The van der Waals surface area contributed by atoms with Gasteiger partial charge < -0.3 is 10.2 Å². The molecule has 1 N–H and O–H groups in total. The Hall–Kier alpha value is -0.970. The highest BCUT2D eigenvalue weighted by Crippen LogP contribution is 2.34. The molecular formula is C20H29Cl2N3O. The van der Waals surface area contributed by atoms with Gasteiger partial charge in [0, 0.05) is 31.7 Å². The number of anilines is 1. The third-order valence-electron chi connectivity index (χ3n) is 6.11. The van der Waals surface area contributed by atoms with Gasteiger partial charge in [-0.25, -0.2) is 0 Å². The first-order valence-electron chi connectivity index (χ1n) is 9.63. The molecule has 144 valence electrons. The third-order valence-corrected chi connectivity index (χ3v) is 6.92. The van der Waals surface area contributed by atoms with E-state index >= 15 is 0 Å². The van der Waals surface area contributed by atoms with Gasteiger partial charge in [0.2, 0.25) is 6.41 Å². The number of piperazine rings is 1. The van der Waals surface area contributed by atoms with Crippen LogP contribution in [0.1, 0.15) is 39.0 Å². The lowest BCUT2D eigenvalue weighted by Crippen LogP contribution is -2.47. The minimum atomic E-state index is 0.0140. The van der Waals surface area contributed by atoms with Crippen LogP contribution >= 0.6 is 23.2 Å². The van der Waals surface area contributed by atoms with Crippen molar-refractivity contribution in [1.82, 2.24) is 10.2 Å². The van der Waals surface area contributed by atoms with E-state index in [9.17, 15) is 4.79 Å². The normalized spacial score (nSPS) is 27.3. The first kappa shape index (κ1) is 19.8. The number of hydrogen-bond acceptors (Lipinski definition) is 3. The Morgan fingerprint density at radius 3 is 2.54 bits per heavy atom. The highest BCUT2D eigenvalue weighted by atomic mass is 35.5. The molecule has 2 aliphatic rings. The molecule has 0 radical (unpaired) electrons. The van der Waals surface area contributed by atoms with Gasteiger partial charge in [-0.1, -0.05) is 29.3 Å². The summed E-state index contributed by atoms with van der Waals surface area (Å²) >= 11 is 12.5. The van der Waals surface area contributed by atoms with Crippen LogP contribution in [0.5, 0.6) is 0 Å². The van der Waals surface area contributed by atoms with Crippen LogP contribution in [-0.4, -0.2) is 49.6 Å². The van der Waals surface area contributed by atoms with E-state index in [4.69, 9.17) is 23.2 Å². The van der Waals surface area contributed by atoms with Crippen LogP contribution < -0.4 is 10.2 Å². The average molecular weight is 398 g/mol. The summed E-state index contributed by atoms with van der Waals surface area (Å²) in [7, 11) is 0. The van der Waals surface area contributed by atoms with Crippen molar-refractivity contribution in [2.75, 3.05) is 37.6 Å². The number of amides is 1. The molecule has 0 aromatic heterocycles. The maximum Gasteiger partial charge on any atom is 0.207 e. The number of nitrogens with zero attached hydrogens (tertiary/aromatic N) is 2.